The van der Waals surface area contributed by atoms with Gasteiger partial charge in [-0.3, -0.25) is 28.8 Å². The zero-order chi connectivity index (χ0) is 95.2. The van der Waals surface area contributed by atoms with E-state index in [1.165, 1.54) is 29.1 Å². The third-order valence-electron chi connectivity index (χ3n) is 26.9. The number of amides is 4. The predicted octanol–water partition coefficient (Wildman–Crippen LogP) is 8.49. The number of hydrogen-bond donors (Lipinski definition) is 6. The number of nitrogens with one attached hydrogen (secondary N) is 2. The number of piperidine rings is 1. The van der Waals surface area contributed by atoms with Gasteiger partial charge in [0.25, 0.3) is 11.8 Å². The van der Waals surface area contributed by atoms with E-state index in [-0.39, 0.29) is 111 Å². The monoisotopic (exact) mass is 1860 g/mol. The highest BCUT2D eigenvalue weighted by atomic mass is 16.6. The zero-order valence-electron chi connectivity index (χ0n) is 78.4. The fourth-order valence-electron chi connectivity index (χ4n) is 19.0. The Labute approximate surface area is 786 Å². The summed E-state index contributed by atoms with van der Waals surface area (Å²) in [6.45, 7) is 16.1. The Kier molecular flexibility index (Phi) is 35.3. The third-order valence-corrected chi connectivity index (χ3v) is 26.9. The van der Waals surface area contributed by atoms with Crippen molar-refractivity contribution in [3.05, 3.63) is 143 Å². The van der Waals surface area contributed by atoms with Crippen LogP contribution in [0.15, 0.2) is 109 Å². The summed E-state index contributed by atoms with van der Waals surface area (Å²) in [6.07, 6.45) is 19.3. The lowest BCUT2D eigenvalue weighted by Gasteiger charge is -2.37. The van der Waals surface area contributed by atoms with E-state index in [4.69, 9.17) is 69.2 Å². The first kappa shape index (κ1) is 99.5. The maximum Gasteiger partial charge on any atom is 0.410 e. The van der Waals surface area contributed by atoms with Gasteiger partial charge in [-0.25, -0.2) is 44.2 Å². The minimum atomic E-state index is -1.74. The molecule has 1 aliphatic carbocycles. The number of methoxy groups -OCH3 is 2. The average Bonchev–Trinajstić information content (AvgIpc) is 1.62. The van der Waals surface area contributed by atoms with E-state index in [1.807, 2.05) is 77.0 Å². The molecule has 6 aliphatic heterocycles. The Morgan fingerprint density at radius 3 is 2.17 bits per heavy atom. The molecule has 1 saturated carbocycles. The second-order valence-corrected chi connectivity index (χ2v) is 36.5. The molecule has 13 atom stereocenters. The van der Waals surface area contributed by atoms with Gasteiger partial charge < -0.3 is 99.1 Å². The topological polar surface area (TPSA) is 464 Å². The van der Waals surface area contributed by atoms with Crippen LogP contribution in [0.3, 0.4) is 0 Å². The number of allylic oxidation sites excluding steroid dienone is 6. The fraction of sp³-hybridized carbons (Fsp3) is 0.571. The molecule has 7 aliphatic rings. The smallest absolute Gasteiger partial charge is 0.410 e. The van der Waals surface area contributed by atoms with E-state index in [0.717, 1.165) is 51.0 Å². The first-order chi connectivity index (χ1) is 65.3. The minimum Gasteiger partial charge on any atom is -0.460 e. The summed E-state index contributed by atoms with van der Waals surface area (Å²) in [5, 5.41) is 32.0. The van der Waals surface area contributed by atoms with Crippen molar-refractivity contribution in [1.29, 1.82) is 0 Å². The number of Topliss-reactive ketones (excluding diaryl/α,β-unsaturated/α-hetero) is 3. The van der Waals surface area contributed by atoms with Gasteiger partial charge in [0.1, 0.15) is 71.6 Å². The van der Waals surface area contributed by atoms with Gasteiger partial charge in [-0.05, 0) is 149 Å². The number of ether oxygens (including phenoxy) is 9. The van der Waals surface area contributed by atoms with Crippen molar-refractivity contribution in [2.45, 2.75) is 218 Å². The van der Waals surface area contributed by atoms with Crippen LogP contribution >= 0.6 is 0 Å². The number of anilines is 4. The maximum atomic E-state index is 14.6. The number of H-pyrrole nitrogens is 1. The number of aliphatic hydroxyl groups excluding tert-OH is 2. The number of fused-ring (bicyclic) bond motifs is 7. The van der Waals surface area contributed by atoms with Crippen LogP contribution in [0.4, 0.5) is 28.3 Å². The first-order valence-corrected chi connectivity index (χ1v) is 47.5. The number of aliphatic hydroxyl groups is 2. The molecule has 37 heteroatoms. The standard InChI is InChI=1S/C98H130N18O19/c1-60-14-9-8-10-15-61(2)80(127-6)52-72-16-13-18-79(133-72)87(121)94(124)115-31-12-11-17-76(115)95(125)134-73(51-77(117)62(3)47-64(5)86(120)88(122)85(119)63(4)46-60)23-20-65-21-24-78(81(49-65)128-7)135-98(126)114-33-27-75-71(58-114)54-104-96(108-75)111-34-36-112(37-35-111)97-105-55-74(89(99)109-97)93(123)102-30-39-130-41-43-132-45-44-131-42-40-129-38-28-82(118)113-32-26-67-48-66(19-22-69(67)57-113)56-116-92-83(90(100)106-59-107-92)84(110-116)70-50-68-25-29-101-91(68)103-53-70/h8-10,14-15,19,22,25,29,47-48,50,53-55,59-60,62-63,65,72-73,76,78-81,86,88,120,122H,11-13,16-18,20-21,23-24,26-28,30-46,49,51-52,56-58H2,1-7H3,(H,101,103)(H,102,123)(H2,99,105,109)(H2,100,106,107)/b10-8+,14-9+,61-15+,64-47+/t60-,62-,63-,65-,72?,73-,76+,78-,79?,80+,81-,86-,88+/m1/s1. The Hall–Kier alpha value is -11.4. The number of aromatic amines is 1. The molecular formula is C98H130N18O19. The number of rotatable bonds is 27. The summed E-state index contributed by atoms with van der Waals surface area (Å²) in [5.74, 6) is -3.66. The number of nitrogens with two attached hydrogens (primary N) is 2. The number of pyridine rings is 1. The number of carbonyl (C=O) groups excluding carboxylic acids is 8. The van der Waals surface area contributed by atoms with Crippen LogP contribution in [-0.2, 0) is 104 Å². The number of esters is 1. The molecule has 0 spiro atoms. The Morgan fingerprint density at radius 2 is 1.41 bits per heavy atom. The van der Waals surface area contributed by atoms with Crippen molar-refractivity contribution in [3.8, 4) is 11.3 Å². The van der Waals surface area contributed by atoms with Gasteiger partial charge in [-0.1, -0.05) is 75.4 Å². The van der Waals surface area contributed by atoms with Crippen LogP contribution < -0.4 is 26.6 Å². The molecule has 6 aromatic heterocycles. The van der Waals surface area contributed by atoms with Crippen LogP contribution in [0.5, 0.6) is 0 Å². The number of aromatic nitrogens is 10. The summed E-state index contributed by atoms with van der Waals surface area (Å²) in [7, 11) is 3.19. The zero-order valence-corrected chi connectivity index (χ0v) is 78.4. The van der Waals surface area contributed by atoms with Crippen molar-refractivity contribution >= 4 is 92.7 Å². The molecule has 37 nitrogen and oxygen atoms in total. The normalized spacial score (nSPS) is 25.9. The van der Waals surface area contributed by atoms with Crippen molar-refractivity contribution in [3.63, 3.8) is 0 Å². The molecule has 2 bridgehead atoms. The highest BCUT2D eigenvalue weighted by Crippen LogP contribution is 2.38. The van der Waals surface area contributed by atoms with E-state index in [2.05, 4.69) is 58.3 Å². The average molecular weight is 1860 g/mol. The number of cyclic esters (lactones) is 1. The number of hydrogen-bond acceptors (Lipinski definition) is 31. The highest BCUT2D eigenvalue weighted by Gasteiger charge is 2.43. The van der Waals surface area contributed by atoms with Gasteiger partial charge >= 0.3 is 12.1 Å². The Morgan fingerprint density at radius 1 is 0.667 bits per heavy atom. The number of benzene rings is 1. The molecule has 726 valence electrons. The van der Waals surface area contributed by atoms with Crippen LogP contribution in [0.25, 0.3) is 33.3 Å². The Balaban J connectivity index is 0.470. The lowest BCUT2D eigenvalue weighted by Crippen LogP contribution is -2.54. The molecule has 8 N–H and O–H groups in total. The molecule has 14 rings (SSSR count). The van der Waals surface area contributed by atoms with E-state index >= 15 is 0 Å². The lowest BCUT2D eigenvalue weighted by molar-refractivity contribution is -0.167. The van der Waals surface area contributed by atoms with Crippen LogP contribution in [0.2, 0.25) is 0 Å². The van der Waals surface area contributed by atoms with E-state index in [9.17, 15) is 48.6 Å². The number of nitrogens with zero attached hydrogens (tertiary/aromatic N) is 14. The van der Waals surface area contributed by atoms with Crippen molar-refractivity contribution in [2.24, 2.45) is 23.7 Å². The molecule has 0 radical (unpaired) electrons. The van der Waals surface area contributed by atoms with Gasteiger partial charge in [-0.2, -0.15) is 10.1 Å². The summed E-state index contributed by atoms with van der Waals surface area (Å²) < 4.78 is 55.4. The predicted molar refractivity (Wildman–Crippen MR) is 501 cm³/mol. The fourth-order valence-corrected chi connectivity index (χ4v) is 19.0. The third kappa shape index (κ3) is 26.0. The molecule has 135 heavy (non-hydrogen) atoms. The largest absolute Gasteiger partial charge is 0.460 e. The van der Waals surface area contributed by atoms with E-state index in [1.54, 1.807) is 52.3 Å². The molecular weight excluding hydrogens is 1730 g/mol. The van der Waals surface area contributed by atoms with Crippen molar-refractivity contribution in [2.75, 3.05) is 141 Å². The van der Waals surface area contributed by atoms with Crippen LogP contribution in [0, 0.1) is 23.7 Å². The van der Waals surface area contributed by atoms with Crippen LogP contribution in [0.1, 0.15) is 169 Å². The van der Waals surface area contributed by atoms with Crippen molar-refractivity contribution < 1.29 is 91.2 Å². The molecule has 4 fully saturated rings. The number of ketones is 3. The summed E-state index contributed by atoms with van der Waals surface area (Å²) in [5.41, 5.74) is 21.9. The highest BCUT2D eigenvalue weighted by molar-refractivity contribution is 6.38. The molecule has 7 aromatic rings. The number of piperazine rings is 1. The van der Waals surface area contributed by atoms with E-state index < -0.39 is 89.9 Å². The van der Waals surface area contributed by atoms with Gasteiger partial charge in [0.2, 0.25) is 23.6 Å². The lowest BCUT2D eigenvalue weighted by atomic mass is 9.81. The molecule has 1 aromatic carbocycles. The summed E-state index contributed by atoms with van der Waals surface area (Å²) >= 11 is 0. The molecule has 3 saturated heterocycles. The first-order valence-electron chi connectivity index (χ1n) is 47.5. The second-order valence-electron chi connectivity index (χ2n) is 36.5. The maximum absolute atomic E-state index is 14.6. The summed E-state index contributed by atoms with van der Waals surface area (Å²) in [4.78, 5) is 156. The second kappa shape index (κ2) is 47.9. The van der Waals surface area contributed by atoms with Gasteiger partial charge in [0.05, 0.1) is 107 Å². The SMILES string of the molecule is CO[C@H]1CC2CCCC(O2)C(=O)C(=O)N2CCCC[C@H]2C(=O)O[C@H](CC[C@@H]2CC[C@@H](OC(=O)N3CCc4nc(N5CCN(c6ncc(C(=O)NCCOCCOCCOCCOCCC(=O)N7CCc8cc(Cn9nc(-c%10cnc%11[nH]ccc%11c%10)c%10c(N)ncnc%109)ccc8C7)c(N)n6)CC5)ncc4C3)[C@H](OC)C2)CC(=O)[C@H](C)/C=C(\C)[C@@H](O)[C@@H](O)C(=O)[C@H](C)C[C@H](C)/C=C/C=C/C=C/1C. The van der Waals surface area contributed by atoms with E-state index in [0.29, 0.717) is 203 Å². The molecule has 12 heterocycles. The van der Waals surface area contributed by atoms with Crippen LogP contribution in [-0.4, -0.2) is 296 Å². The molecule has 4 amide bonds. The summed E-state index contributed by atoms with van der Waals surface area (Å²) in [6, 6.07) is 9.23. The number of carbonyl (C=O) groups is 8. The van der Waals surface area contributed by atoms with Crippen molar-refractivity contribution in [1.82, 2.24) is 69.7 Å². The quantitative estimate of drug-likeness (QED) is 0.0122. The van der Waals surface area contributed by atoms with Gasteiger partial charge in [-0.15, -0.1) is 0 Å². The molecule has 2 unspecified atom stereocenters. The van der Waals surface area contributed by atoms with Gasteiger partial charge in [0, 0.05) is 146 Å². The van der Waals surface area contributed by atoms with Gasteiger partial charge in [0.15, 0.2) is 11.4 Å². The Bertz CT molecular complexity index is 5420. The number of nitrogen functional groups attached to an aromatic ring is 2. The minimum absolute atomic E-state index is 0.00263.